The number of nitrogens with one attached hydrogen (secondary N) is 3. The number of rotatable bonds is 8. The Bertz CT molecular complexity index is 1890. The van der Waals surface area contributed by atoms with Crippen LogP contribution in [0.15, 0.2) is 53.5 Å². The molecule has 2 aromatic heterocycles. The van der Waals surface area contributed by atoms with E-state index in [2.05, 4.69) is 21.0 Å². The Labute approximate surface area is 264 Å². The van der Waals surface area contributed by atoms with Gasteiger partial charge in [-0.3, -0.25) is 14.4 Å². The van der Waals surface area contributed by atoms with Crippen molar-refractivity contribution in [1.29, 1.82) is 0 Å². The molecule has 232 valence electrons. The predicted molar refractivity (Wildman–Crippen MR) is 169 cm³/mol. The highest BCUT2D eigenvalue weighted by Crippen LogP contribution is 2.43. The van der Waals surface area contributed by atoms with E-state index >= 15 is 4.39 Å². The van der Waals surface area contributed by atoms with Gasteiger partial charge in [-0.1, -0.05) is 29.8 Å². The first-order valence-corrected chi connectivity index (χ1v) is 15.1. The molecule has 45 heavy (non-hydrogen) atoms. The number of pyridine rings is 1. The highest BCUT2D eigenvalue weighted by Gasteiger charge is 2.30. The summed E-state index contributed by atoms with van der Waals surface area (Å²) in [5.41, 5.74) is 4.08. The lowest BCUT2D eigenvalue weighted by molar-refractivity contribution is -0.119. The third-order valence-corrected chi connectivity index (χ3v) is 8.91. The van der Waals surface area contributed by atoms with Gasteiger partial charge in [-0.15, -0.1) is 0 Å². The summed E-state index contributed by atoms with van der Waals surface area (Å²) < 4.78 is 22.3. The lowest BCUT2D eigenvalue weighted by atomic mass is 9.95. The van der Waals surface area contributed by atoms with E-state index in [0.29, 0.717) is 51.9 Å². The number of methoxy groups -OCH3 is 1. The number of hydrogen-bond acceptors (Lipinski definition) is 7. The maximum absolute atomic E-state index is 15.5. The minimum Gasteiger partial charge on any atom is -0.481 e. The summed E-state index contributed by atoms with van der Waals surface area (Å²) in [6, 6.07) is 11.5. The zero-order chi connectivity index (χ0) is 31.8. The van der Waals surface area contributed by atoms with Crippen LogP contribution in [-0.2, 0) is 18.3 Å². The normalized spacial score (nSPS) is 17.2. The van der Waals surface area contributed by atoms with Crippen molar-refractivity contribution in [1.82, 2.24) is 25.4 Å². The van der Waals surface area contributed by atoms with Gasteiger partial charge >= 0.3 is 0 Å². The van der Waals surface area contributed by atoms with Crippen molar-refractivity contribution >= 4 is 29.1 Å². The number of ether oxygens (including phenoxy) is 1. The topological polar surface area (TPSA) is 127 Å². The number of halogens is 2. The van der Waals surface area contributed by atoms with Gasteiger partial charge in [0.1, 0.15) is 11.4 Å². The zero-order valence-electron chi connectivity index (χ0n) is 25.0. The molecule has 1 aliphatic heterocycles. The summed E-state index contributed by atoms with van der Waals surface area (Å²) in [5.74, 6) is -0.575. The molecule has 1 aliphatic carbocycles. The number of fused-ring (bicyclic) bond motifs is 1. The number of nitrogens with zero attached hydrogens (tertiary/aromatic N) is 3. The summed E-state index contributed by atoms with van der Waals surface area (Å²) in [6.45, 7) is 2.35. The van der Waals surface area contributed by atoms with Gasteiger partial charge in [-0.2, -0.15) is 5.10 Å². The Hall–Kier alpha value is -4.61. The van der Waals surface area contributed by atoms with Crippen molar-refractivity contribution in [2.24, 2.45) is 7.05 Å². The molecule has 6 rings (SSSR count). The summed E-state index contributed by atoms with van der Waals surface area (Å²) in [6.07, 6.45) is 4.40. The fraction of sp³-hybridized carbons (Fsp3) is 0.303. The van der Waals surface area contributed by atoms with Crippen LogP contribution in [0.4, 0.5) is 10.1 Å². The lowest BCUT2D eigenvalue weighted by Gasteiger charge is -2.20. The number of anilines is 1. The predicted octanol–water partition coefficient (Wildman–Crippen LogP) is 4.73. The number of amides is 2. The largest absolute Gasteiger partial charge is 0.481 e. The minimum absolute atomic E-state index is 0.0397. The van der Waals surface area contributed by atoms with Gasteiger partial charge in [0.25, 0.3) is 11.5 Å². The fourth-order valence-electron chi connectivity index (χ4n) is 6.15. The Morgan fingerprint density at radius 3 is 2.71 bits per heavy atom. The zero-order valence-corrected chi connectivity index (χ0v) is 25.8. The molecule has 0 spiro atoms. The Balaban J connectivity index is 1.31. The third-order valence-electron chi connectivity index (χ3n) is 8.51. The number of carbonyl (C=O) groups is 2. The second kappa shape index (κ2) is 12.4. The molecule has 2 aliphatic rings. The SMILES string of the molecule is COc1nc(-c2cccc(-c3c(F)ccc(NC(=O)c4ccnn(C)c4=O)c3C)c2Cl)cc2c1[C@@H](NC[C@@H]1CCC(=O)N1)CC2. The van der Waals surface area contributed by atoms with Crippen molar-refractivity contribution in [3.05, 3.63) is 92.1 Å². The minimum atomic E-state index is -0.631. The van der Waals surface area contributed by atoms with E-state index in [1.807, 2.05) is 12.1 Å². The van der Waals surface area contributed by atoms with E-state index in [9.17, 15) is 14.4 Å². The van der Waals surface area contributed by atoms with Gasteiger partial charge in [0.2, 0.25) is 11.8 Å². The van der Waals surface area contributed by atoms with Crippen molar-refractivity contribution in [3.63, 3.8) is 0 Å². The summed E-state index contributed by atoms with van der Waals surface area (Å²) in [4.78, 5) is 41.8. The number of benzene rings is 2. The van der Waals surface area contributed by atoms with Gasteiger partial charge in [0.15, 0.2) is 0 Å². The fourth-order valence-corrected chi connectivity index (χ4v) is 6.47. The van der Waals surface area contributed by atoms with Crippen LogP contribution in [0.25, 0.3) is 22.4 Å². The van der Waals surface area contributed by atoms with E-state index in [0.717, 1.165) is 35.1 Å². The number of hydrogen-bond donors (Lipinski definition) is 3. The van der Waals surface area contributed by atoms with Gasteiger partial charge in [0.05, 0.1) is 17.8 Å². The highest BCUT2D eigenvalue weighted by molar-refractivity contribution is 6.36. The van der Waals surface area contributed by atoms with Crippen molar-refractivity contribution in [2.75, 3.05) is 19.0 Å². The van der Waals surface area contributed by atoms with Crippen LogP contribution < -0.4 is 26.2 Å². The molecule has 0 bridgehead atoms. The van der Waals surface area contributed by atoms with E-state index in [4.69, 9.17) is 21.3 Å². The lowest BCUT2D eigenvalue weighted by Crippen LogP contribution is -2.36. The van der Waals surface area contributed by atoms with Gasteiger partial charge in [-0.25, -0.2) is 14.1 Å². The molecular weight excluding hydrogens is 599 g/mol. The molecule has 2 atom stereocenters. The molecular formula is C33H32ClFN6O4. The maximum atomic E-state index is 15.5. The molecule has 2 aromatic carbocycles. The number of aryl methyl sites for hydroxylation is 2. The van der Waals surface area contributed by atoms with Gasteiger partial charge < -0.3 is 20.7 Å². The van der Waals surface area contributed by atoms with Crippen LogP contribution in [0.1, 0.15) is 52.4 Å². The smallest absolute Gasteiger partial charge is 0.279 e. The van der Waals surface area contributed by atoms with Crippen molar-refractivity contribution < 1.29 is 18.7 Å². The molecule has 12 heteroatoms. The first-order valence-electron chi connectivity index (χ1n) is 14.7. The Morgan fingerprint density at radius 1 is 1.16 bits per heavy atom. The summed E-state index contributed by atoms with van der Waals surface area (Å²) in [5, 5.41) is 13.4. The van der Waals surface area contributed by atoms with E-state index < -0.39 is 17.3 Å². The van der Waals surface area contributed by atoms with Crippen molar-refractivity contribution in [2.45, 2.75) is 44.7 Å². The average Bonchev–Trinajstić information content (AvgIpc) is 3.64. The molecule has 3 heterocycles. The van der Waals surface area contributed by atoms with Gasteiger partial charge in [-0.05, 0) is 61.6 Å². The average molecular weight is 631 g/mol. The molecule has 0 saturated carbocycles. The second-order valence-corrected chi connectivity index (χ2v) is 11.7. The standard InChI is InChI=1S/C33H32ClFN6O4/c1-17-24(39-31(43)22-13-14-37-41(2)33(22)44)11-9-23(35)28(17)21-6-4-5-20(30(21)34)26-15-18-7-10-25(29(18)32(40-26)45-3)36-16-19-8-12-27(42)38-19/h4-6,9,11,13-15,19,25,36H,7-8,10,12,16H2,1-3H3,(H,38,42)(H,39,43)/t19-,25-/m0/s1. The van der Waals surface area contributed by atoms with Crippen molar-refractivity contribution in [3.8, 4) is 28.3 Å². The highest BCUT2D eigenvalue weighted by atomic mass is 35.5. The van der Waals surface area contributed by atoms with Crippen LogP contribution >= 0.6 is 11.6 Å². The molecule has 2 amide bonds. The monoisotopic (exact) mass is 630 g/mol. The van der Waals surface area contributed by atoms with E-state index in [-0.39, 0.29) is 29.1 Å². The summed E-state index contributed by atoms with van der Waals surface area (Å²) >= 11 is 6.99. The van der Waals surface area contributed by atoms with Crippen LogP contribution in [0.5, 0.6) is 5.88 Å². The van der Waals surface area contributed by atoms with Crippen LogP contribution in [0, 0.1) is 12.7 Å². The number of carbonyl (C=O) groups excluding carboxylic acids is 2. The van der Waals surface area contributed by atoms with E-state index in [1.165, 1.54) is 31.4 Å². The summed E-state index contributed by atoms with van der Waals surface area (Å²) in [7, 11) is 3.03. The first-order chi connectivity index (χ1) is 21.7. The molecule has 10 nitrogen and oxygen atoms in total. The van der Waals surface area contributed by atoms with E-state index in [1.54, 1.807) is 26.2 Å². The Kier molecular flexibility index (Phi) is 8.39. The molecule has 4 aromatic rings. The van der Waals surface area contributed by atoms with Crippen LogP contribution in [-0.4, -0.2) is 46.3 Å². The Morgan fingerprint density at radius 2 is 1.96 bits per heavy atom. The quantitative estimate of drug-likeness (QED) is 0.257. The molecule has 1 saturated heterocycles. The maximum Gasteiger partial charge on any atom is 0.279 e. The molecule has 0 unspecified atom stereocenters. The van der Waals surface area contributed by atoms with Gasteiger partial charge in [0, 0.05) is 66.2 Å². The van der Waals surface area contributed by atoms with Crippen LogP contribution in [0.2, 0.25) is 5.02 Å². The second-order valence-electron chi connectivity index (χ2n) is 11.3. The molecule has 3 N–H and O–H groups in total. The first kappa shape index (κ1) is 30.4. The molecule has 0 radical (unpaired) electrons. The van der Waals surface area contributed by atoms with Crippen LogP contribution in [0.3, 0.4) is 0 Å². The third kappa shape index (κ3) is 5.81. The molecule has 1 fully saturated rings. The number of aromatic nitrogens is 3.